The number of rotatable bonds is 10. The summed E-state index contributed by atoms with van der Waals surface area (Å²) in [6.45, 7) is 0.681. The number of benzene rings is 2. The second-order valence-corrected chi connectivity index (χ2v) is 6.59. The summed E-state index contributed by atoms with van der Waals surface area (Å²) in [6.07, 6.45) is 1.79. The fourth-order valence-electron chi connectivity index (χ4n) is 2.45. The highest BCUT2D eigenvalue weighted by Crippen LogP contribution is 2.19. The van der Waals surface area contributed by atoms with Gasteiger partial charge in [0.2, 0.25) is 5.91 Å². The zero-order valence-electron chi connectivity index (χ0n) is 14.8. The lowest BCUT2D eigenvalue weighted by Crippen LogP contribution is -2.26. The summed E-state index contributed by atoms with van der Waals surface area (Å²) in [6, 6.07) is 15.9. The van der Waals surface area contributed by atoms with Gasteiger partial charge in [0.1, 0.15) is 11.5 Å². The number of carbonyl (C=O) groups is 1. The van der Waals surface area contributed by atoms with Gasteiger partial charge >= 0.3 is 0 Å². The summed E-state index contributed by atoms with van der Waals surface area (Å²) in [5.41, 5.74) is 2.36. The van der Waals surface area contributed by atoms with Crippen molar-refractivity contribution >= 4 is 17.7 Å². The van der Waals surface area contributed by atoms with Crippen LogP contribution in [-0.4, -0.2) is 32.4 Å². The Hall–Kier alpha value is -2.14. The van der Waals surface area contributed by atoms with Crippen molar-refractivity contribution in [2.24, 2.45) is 0 Å². The lowest BCUT2D eigenvalue weighted by Gasteiger charge is -2.09. The van der Waals surface area contributed by atoms with Gasteiger partial charge in [0.25, 0.3) is 0 Å². The average molecular weight is 359 g/mol. The standard InChI is InChI=1S/C20H25NO3S/c1-23-18-11-9-16(10-12-18)14-25-15-20(22)21-13-5-7-17-6-3-4-8-19(17)24-2/h3-4,6,8-12H,5,7,13-15H2,1-2H3,(H,21,22). The zero-order valence-corrected chi connectivity index (χ0v) is 15.6. The predicted molar refractivity (Wildman–Crippen MR) is 103 cm³/mol. The molecule has 5 heteroatoms. The number of carbonyl (C=O) groups excluding carboxylic acids is 1. The molecule has 0 saturated carbocycles. The highest BCUT2D eigenvalue weighted by atomic mass is 32.2. The van der Waals surface area contributed by atoms with Crippen LogP contribution >= 0.6 is 11.8 Å². The monoisotopic (exact) mass is 359 g/mol. The SMILES string of the molecule is COc1ccc(CSCC(=O)NCCCc2ccccc2OC)cc1. The molecule has 0 aromatic heterocycles. The number of methoxy groups -OCH3 is 2. The van der Waals surface area contributed by atoms with E-state index in [1.165, 1.54) is 11.1 Å². The molecule has 0 bridgehead atoms. The average Bonchev–Trinajstić information content (AvgIpc) is 2.66. The third-order valence-electron chi connectivity index (χ3n) is 3.80. The van der Waals surface area contributed by atoms with Crippen LogP contribution in [0.3, 0.4) is 0 Å². The van der Waals surface area contributed by atoms with Crippen molar-refractivity contribution in [2.75, 3.05) is 26.5 Å². The molecule has 1 N–H and O–H groups in total. The molecule has 2 aromatic rings. The Balaban J connectivity index is 1.60. The number of thioether (sulfide) groups is 1. The largest absolute Gasteiger partial charge is 0.497 e. The van der Waals surface area contributed by atoms with Crippen LogP contribution in [0.15, 0.2) is 48.5 Å². The lowest BCUT2D eigenvalue weighted by atomic mass is 10.1. The topological polar surface area (TPSA) is 47.6 Å². The molecule has 25 heavy (non-hydrogen) atoms. The second-order valence-electron chi connectivity index (χ2n) is 5.61. The first-order chi connectivity index (χ1) is 12.2. The van der Waals surface area contributed by atoms with Gasteiger partial charge in [-0.25, -0.2) is 0 Å². The number of hydrogen-bond donors (Lipinski definition) is 1. The molecular formula is C20H25NO3S. The molecule has 0 heterocycles. The number of para-hydroxylation sites is 1. The van der Waals surface area contributed by atoms with Gasteiger partial charge in [-0.3, -0.25) is 4.79 Å². The summed E-state index contributed by atoms with van der Waals surface area (Å²) in [4.78, 5) is 11.9. The summed E-state index contributed by atoms with van der Waals surface area (Å²) < 4.78 is 10.5. The Morgan fingerprint density at radius 3 is 2.52 bits per heavy atom. The molecule has 0 saturated heterocycles. The number of aryl methyl sites for hydroxylation is 1. The van der Waals surface area contributed by atoms with Crippen LogP contribution in [0.2, 0.25) is 0 Å². The molecule has 1 amide bonds. The minimum absolute atomic E-state index is 0.0820. The Labute approximate surface area is 153 Å². The molecule has 0 aliphatic rings. The minimum atomic E-state index is 0.0820. The predicted octanol–water partition coefficient (Wildman–Crippen LogP) is 3.69. The third-order valence-corrected chi connectivity index (χ3v) is 4.80. The first-order valence-electron chi connectivity index (χ1n) is 8.32. The summed E-state index contributed by atoms with van der Waals surface area (Å²) in [5, 5.41) is 2.97. The van der Waals surface area contributed by atoms with Crippen LogP contribution < -0.4 is 14.8 Å². The smallest absolute Gasteiger partial charge is 0.230 e. The van der Waals surface area contributed by atoms with E-state index in [1.54, 1.807) is 26.0 Å². The number of amides is 1. The van der Waals surface area contributed by atoms with E-state index in [0.717, 1.165) is 30.1 Å². The van der Waals surface area contributed by atoms with Gasteiger partial charge < -0.3 is 14.8 Å². The maximum atomic E-state index is 11.9. The maximum Gasteiger partial charge on any atom is 0.230 e. The normalized spacial score (nSPS) is 10.3. The molecule has 4 nitrogen and oxygen atoms in total. The molecule has 0 atom stereocenters. The number of ether oxygens (including phenoxy) is 2. The van der Waals surface area contributed by atoms with Crippen LogP contribution in [0.1, 0.15) is 17.5 Å². The van der Waals surface area contributed by atoms with E-state index < -0.39 is 0 Å². The minimum Gasteiger partial charge on any atom is -0.497 e. The van der Waals surface area contributed by atoms with Crippen molar-refractivity contribution in [3.8, 4) is 11.5 Å². The van der Waals surface area contributed by atoms with Gasteiger partial charge in [-0.05, 0) is 42.2 Å². The van der Waals surface area contributed by atoms with Crippen molar-refractivity contribution < 1.29 is 14.3 Å². The maximum absolute atomic E-state index is 11.9. The highest BCUT2D eigenvalue weighted by Gasteiger charge is 2.04. The third kappa shape index (κ3) is 6.70. The van der Waals surface area contributed by atoms with Crippen molar-refractivity contribution in [3.05, 3.63) is 59.7 Å². The van der Waals surface area contributed by atoms with Gasteiger partial charge in [-0.1, -0.05) is 30.3 Å². The molecule has 2 aromatic carbocycles. The fraction of sp³-hybridized carbons (Fsp3) is 0.350. The van der Waals surface area contributed by atoms with E-state index >= 15 is 0 Å². The summed E-state index contributed by atoms with van der Waals surface area (Å²) in [7, 11) is 3.34. The Morgan fingerprint density at radius 1 is 1.04 bits per heavy atom. The second kappa shape index (κ2) is 10.7. The van der Waals surface area contributed by atoms with Gasteiger partial charge in [-0.2, -0.15) is 0 Å². The van der Waals surface area contributed by atoms with Crippen molar-refractivity contribution in [1.82, 2.24) is 5.32 Å². The van der Waals surface area contributed by atoms with Crippen LogP contribution in [0.5, 0.6) is 11.5 Å². The number of nitrogens with one attached hydrogen (secondary N) is 1. The van der Waals surface area contributed by atoms with Crippen LogP contribution in [0, 0.1) is 0 Å². The van der Waals surface area contributed by atoms with E-state index in [9.17, 15) is 4.79 Å². The Kier molecular flexibility index (Phi) is 8.19. The van der Waals surface area contributed by atoms with Crippen LogP contribution in [0.25, 0.3) is 0 Å². The van der Waals surface area contributed by atoms with Crippen molar-refractivity contribution in [2.45, 2.75) is 18.6 Å². The molecule has 134 valence electrons. The van der Waals surface area contributed by atoms with Crippen molar-refractivity contribution in [3.63, 3.8) is 0 Å². The van der Waals surface area contributed by atoms with Crippen LogP contribution in [-0.2, 0) is 17.0 Å². The van der Waals surface area contributed by atoms with Gasteiger partial charge in [0.15, 0.2) is 0 Å². The molecule has 2 rings (SSSR count). The lowest BCUT2D eigenvalue weighted by molar-refractivity contribution is -0.118. The summed E-state index contributed by atoms with van der Waals surface area (Å²) >= 11 is 1.62. The van der Waals surface area contributed by atoms with E-state index in [2.05, 4.69) is 11.4 Å². The van der Waals surface area contributed by atoms with E-state index in [1.807, 2.05) is 42.5 Å². The molecule has 0 spiro atoms. The molecule has 0 fully saturated rings. The molecule has 0 radical (unpaired) electrons. The molecule has 0 aliphatic carbocycles. The van der Waals surface area contributed by atoms with Gasteiger partial charge in [0, 0.05) is 12.3 Å². The van der Waals surface area contributed by atoms with E-state index in [-0.39, 0.29) is 5.91 Å². The van der Waals surface area contributed by atoms with Crippen LogP contribution in [0.4, 0.5) is 0 Å². The Bertz CT molecular complexity index is 658. The van der Waals surface area contributed by atoms with E-state index in [0.29, 0.717) is 12.3 Å². The zero-order chi connectivity index (χ0) is 17.9. The van der Waals surface area contributed by atoms with E-state index in [4.69, 9.17) is 9.47 Å². The first-order valence-corrected chi connectivity index (χ1v) is 9.47. The molecular weight excluding hydrogens is 334 g/mol. The van der Waals surface area contributed by atoms with Gasteiger partial charge in [-0.15, -0.1) is 11.8 Å². The number of hydrogen-bond acceptors (Lipinski definition) is 4. The fourth-order valence-corrected chi connectivity index (χ4v) is 3.27. The highest BCUT2D eigenvalue weighted by molar-refractivity contribution is 7.99. The molecule has 0 unspecified atom stereocenters. The molecule has 0 aliphatic heterocycles. The van der Waals surface area contributed by atoms with Crippen molar-refractivity contribution in [1.29, 1.82) is 0 Å². The summed E-state index contributed by atoms with van der Waals surface area (Å²) in [5.74, 6) is 3.13. The Morgan fingerprint density at radius 2 is 1.80 bits per heavy atom. The quantitative estimate of drug-likeness (QED) is 0.657. The first kappa shape index (κ1) is 19.2. The van der Waals surface area contributed by atoms with Gasteiger partial charge in [0.05, 0.1) is 20.0 Å².